The summed E-state index contributed by atoms with van der Waals surface area (Å²) in [5.41, 5.74) is 0. The summed E-state index contributed by atoms with van der Waals surface area (Å²) in [6, 6.07) is 0. The fourth-order valence-corrected chi connectivity index (χ4v) is 0. The van der Waals surface area contributed by atoms with Crippen LogP contribution in [0.2, 0.25) is 0 Å². The normalized spacial score (nSPS) is 9.65. The van der Waals surface area contributed by atoms with Gasteiger partial charge in [0.25, 0.3) is 0 Å². The quantitative estimate of drug-likeness (QED) is 0.251. The molecule has 0 aliphatic heterocycles. The zero-order valence-electron chi connectivity index (χ0n) is 8.83. The molecule has 0 aliphatic rings. The van der Waals surface area contributed by atoms with Gasteiger partial charge in [-0.25, -0.2) is 13.5 Å². The second-order valence-corrected chi connectivity index (χ2v) is 6.44. The van der Waals surface area contributed by atoms with E-state index < -0.39 is 38.9 Å². The minimum absolute atomic E-state index is 0. The van der Waals surface area contributed by atoms with Crippen LogP contribution < -0.4 is 64.0 Å². The number of halogens is 2. The van der Waals surface area contributed by atoms with E-state index in [4.69, 9.17) is 67.4 Å². The van der Waals surface area contributed by atoms with Crippen molar-refractivity contribution in [2.24, 2.45) is 0 Å². The van der Waals surface area contributed by atoms with E-state index in [1.54, 1.807) is 0 Å². The van der Waals surface area contributed by atoms with E-state index in [1.807, 2.05) is 0 Å². The number of hydrogen-bond donors (Lipinski definition) is 0. The van der Waals surface area contributed by atoms with Crippen molar-refractivity contribution in [1.29, 1.82) is 0 Å². The first-order chi connectivity index (χ1) is 7.41. The Morgan fingerprint density at radius 3 is 0.600 bits per heavy atom. The molecule has 0 aromatic heterocycles. The molecule has 0 saturated carbocycles. The van der Waals surface area contributed by atoms with Crippen LogP contribution in [0.15, 0.2) is 0 Å². The average molecular weight is 562 g/mol. The minimum atomic E-state index is -5.62. The van der Waals surface area contributed by atoms with Gasteiger partial charge in [-0.2, -0.15) is 0 Å². The molecule has 12 nitrogen and oxygen atoms in total. The first-order valence-electron chi connectivity index (χ1n) is 2.10. The molecule has 0 fully saturated rings. The van der Waals surface area contributed by atoms with Gasteiger partial charge in [0, 0.05) is 0 Å². The second kappa shape index (κ2) is 19.8. The van der Waals surface area contributed by atoms with E-state index in [9.17, 15) is 0 Å². The molecule has 0 rings (SSSR count). The summed E-state index contributed by atoms with van der Waals surface area (Å²) in [6.07, 6.45) is 0. The molecule has 0 heterocycles. The molecular formula is H4Cl2CoKMn3O12S. The van der Waals surface area contributed by atoms with Crippen LogP contribution >= 0.6 is 20.3 Å². The van der Waals surface area contributed by atoms with Crippen molar-refractivity contribution < 1.29 is 150 Å². The predicted octanol–water partition coefficient (Wildman–Crippen LogP) is -7.34. The van der Waals surface area contributed by atoms with Gasteiger partial charge in [0.1, 0.15) is 0 Å². The Bertz CT molecular complexity index is 515. The Morgan fingerprint density at radius 1 is 0.600 bits per heavy atom. The standard InChI is InChI=1S/2ClH.Co.K.3Mn.12O.H4S/h2*1H;;;;;;;;;;;;;;;;;;1H4/q;;+2;+1;;;;;;;;;;;;;3*-1;+2/p-2. The van der Waals surface area contributed by atoms with Gasteiger partial charge in [0.15, 0.2) is 0 Å². The van der Waals surface area contributed by atoms with Crippen LogP contribution in [0, 0.1) is 0 Å². The van der Waals surface area contributed by atoms with Gasteiger partial charge >= 0.3 is 171 Å². The smallest absolute Gasteiger partial charge is 0.210 e. The zero-order valence-corrected chi connectivity index (χ0v) is 19.5. The summed E-state index contributed by atoms with van der Waals surface area (Å²) in [4.78, 5) is 0. The number of rotatable bonds is 0. The van der Waals surface area contributed by atoms with Gasteiger partial charge in [-0.15, -0.1) is 0 Å². The molecule has 20 heteroatoms. The fourth-order valence-electron chi connectivity index (χ4n) is 0. The fraction of sp³-hybridized carbons (Fsp3) is 0. The van der Waals surface area contributed by atoms with E-state index in [2.05, 4.69) is 0 Å². The maximum Gasteiger partial charge on any atom is -0.210 e. The average Bonchev–Trinajstić information content (AvgIpc) is 1.71. The Morgan fingerprint density at radius 2 is 0.600 bits per heavy atom. The Labute approximate surface area is 180 Å². The van der Waals surface area contributed by atoms with Crippen molar-refractivity contribution in [1.82, 2.24) is 0 Å². The largest absolute Gasteiger partial charge is 0.210 e. The first-order valence-corrected chi connectivity index (χ1v) is 10.8. The number of hydrogen-bond acceptors (Lipinski definition) is 12. The summed E-state index contributed by atoms with van der Waals surface area (Å²) in [7, 11) is 9.47. The molecule has 0 aromatic carbocycles. The van der Waals surface area contributed by atoms with Gasteiger partial charge < -0.3 is 0 Å². The molecule has 0 N–H and O–H groups in total. The van der Waals surface area contributed by atoms with Gasteiger partial charge in [0.2, 0.25) is 0 Å². The first kappa shape index (κ1) is 38.3. The summed E-state index contributed by atoms with van der Waals surface area (Å²) in [5.74, 6) is 0. The monoisotopic (exact) mass is 561 g/mol. The van der Waals surface area contributed by atoms with E-state index in [-0.39, 0.29) is 64.9 Å². The molecule has 0 aliphatic carbocycles. The van der Waals surface area contributed by atoms with Gasteiger partial charge in [-0.1, -0.05) is 0 Å². The van der Waals surface area contributed by atoms with E-state index in [0.29, 0.717) is 12.9 Å². The van der Waals surface area contributed by atoms with E-state index in [1.165, 1.54) is 0 Å². The third kappa shape index (κ3) is 1090. The minimum Gasteiger partial charge on any atom is -0.210 e. The molecule has 0 atom stereocenters. The van der Waals surface area contributed by atoms with Crippen LogP contribution in [0.5, 0.6) is 0 Å². The van der Waals surface area contributed by atoms with Crippen molar-refractivity contribution in [2.75, 3.05) is 0 Å². The van der Waals surface area contributed by atoms with Crippen molar-refractivity contribution in [3.63, 3.8) is 0 Å². The summed E-state index contributed by atoms with van der Waals surface area (Å²) >= 11 is -16.5. The molecule has 0 amide bonds. The Hall–Kier alpha value is 2.71. The zero-order chi connectivity index (χ0) is 16.2. The van der Waals surface area contributed by atoms with Crippen LogP contribution in [0.1, 0.15) is 0 Å². The topological polar surface area (TPSA) is 223 Å². The molecule has 0 radical (unpaired) electrons. The van der Waals surface area contributed by atoms with Crippen molar-refractivity contribution >= 4 is 33.8 Å². The van der Waals surface area contributed by atoms with Gasteiger partial charge in [-0.3, -0.25) is 0 Å². The van der Waals surface area contributed by atoms with Crippen LogP contribution in [0.3, 0.4) is 0 Å². The Balaban J connectivity index is -0.0000000321. The SMILES string of the molecule is [Cl][Co][Cl].[K+].[O]=[Mn](=[O])(=[O])[O-].[O]=[Mn](=[O])(=[O])[O-].[O]=[Mn](=[O])(=[O])[O-].[SH4+2]. The summed E-state index contributed by atoms with van der Waals surface area (Å²) in [6.45, 7) is 0. The van der Waals surface area contributed by atoms with Gasteiger partial charge in [-0.05, 0) is 0 Å². The molecule has 0 bridgehead atoms. The third-order valence-corrected chi connectivity index (χ3v) is 0. The van der Waals surface area contributed by atoms with Crippen LogP contribution in [-0.4, -0.2) is 0 Å². The van der Waals surface area contributed by atoms with E-state index >= 15 is 0 Å². The molecular weight excluding hydrogens is 558 g/mol. The van der Waals surface area contributed by atoms with Crippen LogP contribution in [0.25, 0.3) is 0 Å². The summed E-state index contributed by atoms with van der Waals surface area (Å²) in [5, 5.41) is 0. The summed E-state index contributed by atoms with van der Waals surface area (Å²) < 4.78 is 103. The van der Waals surface area contributed by atoms with Crippen molar-refractivity contribution in [2.45, 2.75) is 0 Å². The maximum absolute atomic E-state index is 8.58. The third-order valence-electron chi connectivity index (χ3n) is 0. The molecule has 0 spiro atoms. The molecule has 20 heavy (non-hydrogen) atoms. The molecule has 0 aromatic rings. The van der Waals surface area contributed by atoms with Gasteiger partial charge in [0.05, 0.1) is 0 Å². The molecule has 0 saturated heterocycles. The van der Waals surface area contributed by atoms with Crippen molar-refractivity contribution in [3.05, 3.63) is 0 Å². The van der Waals surface area contributed by atoms with Crippen LogP contribution in [-0.2, 0) is 99.8 Å². The van der Waals surface area contributed by atoms with Crippen LogP contribution in [0.4, 0.5) is 0 Å². The predicted molar refractivity (Wildman–Crippen MR) is 30.8 cm³/mol. The second-order valence-electron chi connectivity index (χ2n) is 1.18. The Kier molecular flexibility index (Phi) is 37.9. The molecule has 127 valence electrons. The molecule has 0 unspecified atom stereocenters. The maximum atomic E-state index is 8.58. The van der Waals surface area contributed by atoms with Crippen molar-refractivity contribution in [3.8, 4) is 0 Å². The van der Waals surface area contributed by atoms with E-state index in [0.717, 1.165) is 0 Å².